The normalized spacial score (nSPS) is 27.6. The number of nitrogens with one attached hydrogen (secondary N) is 1. The number of rotatable bonds is 3. The lowest BCUT2D eigenvalue weighted by atomic mass is 10.1. The van der Waals surface area contributed by atoms with E-state index in [1.165, 1.54) is 12.0 Å². The molecule has 2 atom stereocenters. The Hall–Kier alpha value is -1.19. The Kier molecular flexibility index (Phi) is 2.73. The summed E-state index contributed by atoms with van der Waals surface area (Å²) in [7, 11) is 0. The van der Waals surface area contributed by atoms with Crippen LogP contribution < -0.4 is 5.32 Å². The molecule has 2 aliphatic heterocycles. The van der Waals surface area contributed by atoms with E-state index in [9.17, 15) is 4.79 Å². The summed E-state index contributed by atoms with van der Waals surface area (Å²) in [5, 5.41) is 3.51. The molecular formula is C14H18N2O. The molecule has 1 aromatic rings. The van der Waals surface area contributed by atoms with Gasteiger partial charge in [-0.25, -0.2) is 0 Å². The van der Waals surface area contributed by atoms with Crippen LogP contribution in [0.15, 0.2) is 24.3 Å². The van der Waals surface area contributed by atoms with E-state index in [0.717, 1.165) is 25.2 Å². The number of piperazine rings is 1. The number of fused-ring (bicyclic) bond motifs is 2. The van der Waals surface area contributed by atoms with Crippen molar-refractivity contribution in [3.8, 4) is 0 Å². The van der Waals surface area contributed by atoms with Crippen molar-refractivity contribution in [2.24, 2.45) is 0 Å². The van der Waals surface area contributed by atoms with Gasteiger partial charge < -0.3 is 5.32 Å². The maximum Gasteiger partial charge on any atom is 0.159 e. The number of hydrogen-bond donors (Lipinski definition) is 1. The largest absolute Gasteiger partial charge is 0.311 e. The Morgan fingerprint density at radius 1 is 1.53 bits per heavy atom. The number of ketones is 1. The van der Waals surface area contributed by atoms with Gasteiger partial charge in [-0.3, -0.25) is 9.69 Å². The minimum Gasteiger partial charge on any atom is -0.311 e. The molecule has 2 bridgehead atoms. The fourth-order valence-electron chi connectivity index (χ4n) is 2.96. The summed E-state index contributed by atoms with van der Waals surface area (Å²) in [5.41, 5.74) is 2.08. The molecule has 1 N–H and O–H groups in total. The lowest BCUT2D eigenvalue weighted by Crippen LogP contribution is -2.42. The maximum absolute atomic E-state index is 11.3. The molecule has 0 aliphatic carbocycles. The fraction of sp³-hybridized carbons (Fsp3) is 0.500. The van der Waals surface area contributed by atoms with Gasteiger partial charge in [0.1, 0.15) is 0 Å². The van der Waals surface area contributed by atoms with Gasteiger partial charge >= 0.3 is 0 Å². The van der Waals surface area contributed by atoms with Gasteiger partial charge in [0.25, 0.3) is 0 Å². The zero-order chi connectivity index (χ0) is 11.8. The first-order valence-electron chi connectivity index (χ1n) is 6.29. The highest BCUT2D eigenvalue weighted by molar-refractivity contribution is 5.94. The molecule has 0 spiro atoms. The molecule has 2 aliphatic rings. The molecule has 0 radical (unpaired) electrons. The van der Waals surface area contributed by atoms with Gasteiger partial charge in [-0.05, 0) is 25.0 Å². The van der Waals surface area contributed by atoms with Crippen LogP contribution in [0.4, 0.5) is 0 Å². The predicted octanol–water partition coefficient (Wildman–Crippen LogP) is 1.44. The lowest BCUT2D eigenvalue weighted by molar-refractivity contribution is 0.101. The Morgan fingerprint density at radius 2 is 2.41 bits per heavy atom. The third-order valence-corrected chi connectivity index (χ3v) is 3.89. The van der Waals surface area contributed by atoms with Crippen molar-refractivity contribution in [3.63, 3.8) is 0 Å². The van der Waals surface area contributed by atoms with E-state index >= 15 is 0 Å². The Morgan fingerprint density at radius 3 is 3.06 bits per heavy atom. The van der Waals surface area contributed by atoms with Crippen LogP contribution in [-0.2, 0) is 6.54 Å². The van der Waals surface area contributed by atoms with E-state index in [0.29, 0.717) is 12.1 Å². The number of benzene rings is 1. The Balaban J connectivity index is 1.73. The first kappa shape index (κ1) is 10.9. The summed E-state index contributed by atoms with van der Waals surface area (Å²) in [6.07, 6.45) is 1.28. The molecule has 17 heavy (non-hydrogen) atoms. The van der Waals surface area contributed by atoms with Crippen LogP contribution in [0.5, 0.6) is 0 Å². The number of nitrogens with zero attached hydrogens (tertiary/aromatic N) is 1. The SMILES string of the molecule is CC(=O)c1cccc(CN2CC3CC2CN3)c1. The van der Waals surface area contributed by atoms with Gasteiger partial charge in [-0.15, -0.1) is 0 Å². The molecule has 3 rings (SSSR count). The quantitative estimate of drug-likeness (QED) is 0.797. The van der Waals surface area contributed by atoms with Gasteiger partial charge in [-0.1, -0.05) is 18.2 Å². The van der Waals surface area contributed by atoms with E-state index in [4.69, 9.17) is 0 Å². The topological polar surface area (TPSA) is 32.3 Å². The van der Waals surface area contributed by atoms with Crippen molar-refractivity contribution in [3.05, 3.63) is 35.4 Å². The summed E-state index contributed by atoms with van der Waals surface area (Å²) in [4.78, 5) is 13.9. The van der Waals surface area contributed by atoms with Crippen molar-refractivity contribution in [1.82, 2.24) is 10.2 Å². The summed E-state index contributed by atoms with van der Waals surface area (Å²) < 4.78 is 0. The monoisotopic (exact) mass is 230 g/mol. The lowest BCUT2D eigenvalue weighted by Gasteiger charge is -2.27. The Bertz CT molecular complexity index is 444. The van der Waals surface area contributed by atoms with Crippen molar-refractivity contribution in [1.29, 1.82) is 0 Å². The maximum atomic E-state index is 11.3. The molecule has 90 valence electrons. The summed E-state index contributed by atoms with van der Waals surface area (Å²) in [6, 6.07) is 9.41. The van der Waals surface area contributed by atoms with Gasteiger partial charge in [0.05, 0.1) is 0 Å². The zero-order valence-corrected chi connectivity index (χ0v) is 10.1. The van der Waals surface area contributed by atoms with Crippen LogP contribution >= 0.6 is 0 Å². The van der Waals surface area contributed by atoms with Gasteiger partial charge in [0.2, 0.25) is 0 Å². The predicted molar refractivity (Wildman–Crippen MR) is 67.1 cm³/mol. The van der Waals surface area contributed by atoms with Crippen molar-refractivity contribution >= 4 is 5.78 Å². The average Bonchev–Trinajstić information content (AvgIpc) is 2.91. The fourth-order valence-corrected chi connectivity index (χ4v) is 2.96. The summed E-state index contributed by atoms with van der Waals surface area (Å²) in [5.74, 6) is 0.149. The highest BCUT2D eigenvalue weighted by Gasteiger charge is 2.37. The zero-order valence-electron chi connectivity index (χ0n) is 10.1. The third-order valence-electron chi connectivity index (χ3n) is 3.89. The highest BCUT2D eigenvalue weighted by Crippen LogP contribution is 2.25. The summed E-state index contributed by atoms with van der Waals surface area (Å²) in [6.45, 7) is 4.87. The summed E-state index contributed by atoms with van der Waals surface area (Å²) >= 11 is 0. The first-order chi connectivity index (χ1) is 8.22. The van der Waals surface area contributed by atoms with E-state index in [2.05, 4.69) is 16.3 Å². The van der Waals surface area contributed by atoms with Crippen LogP contribution in [0, 0.1) is 0 Å². The molecule has 0 saturated carbocycles. The molecular weight excluding hydrogens is 212 g/mol. The molecule has 3 nitrogen and oxygen atoms in total. The highest BCUT2D eigenvalue weighted by atomic mass is 16.1. The molecule has 1 aromatic carbocycles. The van der Waals surface area contributed by atoms with E-state index in [1.807, 2.05) is 18.2 Å². The van der Waals surface area contributed by atoms with Crippen LogP contribution in [-0.4, -0.2) is 35.9 Å². The van der Waals surface area contributed by atoms with Crippen molar-refractivity contribution in [2.75, 3.05) is 13.1 Å². The Labute approximate surface area is 102 Å². The third kappa shape index (κ3) is 2.13. The minimum atomic E-state index is 0.149. The molecule has 0 amide bonds. The van der Waals surface area contributed by atoms with Crippen LogP contribution in [0.2, 0.25) is 0 Å². The minimum absolute atomic E-state index is 0.149. The smallest absolute Gasteiger partial charge is 0.159 e. The number of carbonyl (C=O) groups excluding carboxylic acids is 1. The molecule has 2 heterocycles. The van der Waals surface area contributed by atoms with Crippen molar-refractivity contribution in [2.45, 2.75) is 32.0 Å². The van der Waals surface area contributed by atoms with E-state index in [-0.39, 0.29) is 5.78 Å². The molecule has 0 aromatic heterocycles. The number of hydrogen-bond acceptors (Lipinski definition) is 3. The number of carbonyl (C=O) groups is 1. The van der Waals surface area contributed by atoms with Crippen LogP contribution in [0.1, 0.15) is 29.3 Å². The average molecular weight is 230 g/mol. The second-order valence-corrected chi connectivity index (χ2v) is 5.18. The molecule has 3 heteroatoms. The standard InChI is InChI=1S/C14H18N2O/c1-10(17)12-4-2-3-11(5-12)8-16-9-13-6-14(16)7-15-13/h2-5,13-15H,6-9H2,1H3. The van der Waals surface area contributed by atoms with Crippen LogP contribution in [0.25, 0.3) is 0 Å². The molecule has 2 saturated heterocycles. The van der Waals surface area contributed by atoms with Crippen molar-refractivity contribution < 1.29 is 4.79 Å². The van der Waals surface area contributed by atoms with E-state index < -0.39 is 0 Å². The number of Topliss-reactive ketones (excluding diaryl/α,β-unsaturated/α-hetero) is 1. The molecule has 2 fully saturated rings. The van der Waals surface area contributed by atoms with Gasteiger partial charge in [-0.2, -0.15) is 0 Å². The molecule has 2 unspecified atom stereocenters. The second-order valence-electron chi connectivity index (χ2n) is 5.18. The van der Waals surface area contributed by atoms with E-state index in [1.54, 1.807) is 6.92 Å². The number of likely N-dealkylation sites (tertiary alicyclic amines) is 1. The van der Waals surface area contributed by atoms with Gasteiger partial charge in [0, 0.05) is 37.3 Å². The van der Waals surface area contributed by atoms with Gasteiger partial charge in [0.15, 0.2) is 5.78 Å². The first-order valence-corrected chi connectivity index (χ1v) is 6.29. The second kappa shape index (κ2) is 4.24. The van der Waals surface area contributed by atoms with Crippen LogP contribution in [0.3, 0.4) is 0 Å².